The number of esters is 1. The minimum atomic E-state index is -0.485. The lowest BCUT2D eigenvalue weighted by molar-refractivity contribution is -0.137. The summed E-state index contributed by atoms with van der Waals surface area (Å²) < 4.78 is 4.78. The third-order valence-corrected chi connectivity index (χ3v) is 2.76. The van der Waals surface area contributed by atoms with Gasteiger partial charge in [-0.1, -0.05) is 30.3 Å². The lowest BCUT2D eigenvalue weighted by Gasteiger charge is -2.03. The topological polar surface area (TPSA) is 43.4 Å². The maximum absolute atomic E-state index is 12.0. The normalized spacial score (nSPS) is 11.1. The van der Waals surface area contributed by atoms with Gasteiger partial charge in [-0.25, -0.2) is 4.79 Å². The van der Waals surface area contributed by atoms with Crippen LogP contribution in [0.3, 0.4) is 0 Å². The van der Waals surface area contributed by atoms with Crippen molar-refractivity contribution in [2.24, 2.45) is 0 Å². The summed E-state index contributed by atoms with van der Waals surface area (Å²) in [7, 11) is 0. The Kier molecular flexibility index (Phi) is 5.49. The van der Waals surface area contributed by atoms with Crippen LogP contribution in [0.15, 0.2) is 41.3 Å². The van der Waals surface area contributed by atoms with Crippen molar-refractivity contribution in [1.29, 1.82) is 0 Å². The van der Waals surface area contributed by atoms with Gasteiger partial charge < -0.3 is 4.74 Å². The standard InChI is InChI=1S/C13H14O3S/c1-3-16-12(14)9-11(17-2)13(15)10-7-5-4-6-8-10/h4-9H,3H2,1-2H3/b11-9+. The molecule has 0 unspecified atom stereocenters. The second-order valence-electron chi connectivity index (χ2n) is 3.16. The molecule has 0 N–H and O–H groups in total. The molecular weight excluding hydrogens is 236 g/mol. The zero-order valence-electron chi connectivity index (χ0n) is 9.80. The number of rotatable bonds is 5. The first-order valence-electron chi connectivity index (χ1n) is 5.21. The number of carbonyl (C=O) groups is 2. The molecule has 17 heavy (non-hydrogen) atoms. The molecular formula is C13H14O3S. The molecule has 0 amide bonds. The molecule has 1 rings (SSSR count). The van der Waals surface area contributed by atoms with Gasteiger partial charge in [-0.15, -0.1) is 11.8 Å². The first-order valence-corrected chi connectivity index (χ1v) is 6.43. The predicted molar refractivity (Wildman–Crippen MR) is 69.0 cm³/mol. The third kappa shape index (κ3) is 4.07. The first-order chi connectivity index (χ1) is 8.19. The fraction of sp³-hybridized carbons (Fsp3) is 0.231. The Morgan fingerprint density at radius 1 is 1.29 bits per heavy atom. The van der Waals surface area contributed by atoms with Crippen LogP contribution in [-0.2, 0) is 9.53 Å². The summed E-state index contributed by atoms with van der Waals surface area (Å²) in [6, 6.07) is 8.85. The highest BCUT2D eigenvalue weighted by molar-refractivity contribution is 8.03. The van der Waals surface area contributed by atoms with E-state index in [9.17, 15) is 9.59 Å². The average Bonchev–Trinajstić information content (AvgIpc) is 2.36. The van der Waals surface area contributed by atoms with Crippen LogP contribution in [-0.4, -0.2) is 24.6 Å². The van der Waals surface area contributed by atoms with Crippen molar-refractivity contribution >= 4 is 23.5 Å². The van der Waals surface area contributed by atoms with E-state index in [1.54, 1.807) is 37.4 Å². The lowest BCUT2D eigenvalue weighted by atomic mass is 10.1. The second kappa shape index (κ2) is 6.91. The fourth-order valence-corrected chi connectivity index (χ4v) is 1.76. The van der Waals surface area contributed by atoms with Crippen LogP contribution in [0.5, 0.6) is 0 Å². The zero-order valence-corrected chi connectivity index (χ0v) is 10.6. The van der Waals surface area contributed by atoms with Gasteiger partial charge in [0.15, 0.2) is 5.78 Å². The Bertz CT molecular complexity index is 424. The number of carbonyl (C=O) groups excluding carboxylic acids is 2. The van der Waals surface area contributed by atoms with E-state index in [1.165, 1.54) is 17.8 Å². The van der Waals surface area contributed by atoms with E-state index in [4.69, 9.17) is 4.74 Å². The molecule has 1 aromatic carbocycles. The molecule has 0 saturated heterocycles. The van der Waals surface area contributed by atoms with E-state index in [1.807, 2.05) is 6.07 Å². The Morgan fingerprint density at radius 2 is 1.94 bits per heavy atom. The molecule has 0 aliphatic heterocycles. The van der Waals surface area contributed by atoms with Crippen LogP contribution < -0.4 is 0 Å². The van der Waals surface area contributed by atoms with Crippen molar-refractivity contribution in [2.45, 2.75) is 6.92 Å². The third-order valence-electron chi connectivity index (χ3n) is 2.02. The van der Waals surface area contributed by atoms with Gasteiger partial charge in [0.2, 0.25) is 0 Å². The van der Waals surface area contributed by atoms with Gasteiger partial charge in [-0.05, 0) is 13.2 Å². The quantitative estimate of drug-likeness (QED) is 0.458. The fourth-order valence-electron chi connectivity index (χ4n) is 1.24. The van der Waals surface area contributed by atoms with Crippen molar-refractivity contribution in [3.8, 4) is 0 Å². The molecule has 0 aliphatic carbocycles. The largest absolute Gasteiger partial charge is 0.463 e. The molecule has 3 nitrogen and oxygen atoms in total. The van der Waals surface area contributed by atoms with E-state index in [0.29, 0.717) is 17.1 Å². The number of hydrogen-bond donors (Lipinski definition) is 0. The minimum absolute atomic E-state index is 0.161. The maximum atomic E-state index is 12.0. The molecule has 0 heterocycles. The number of ketones is 1. The number of Topliss-reactive ketones (excluding diaryl/α,β-unsaturated/α-hetero) is 1. The van der Waals surface area contributed by atoms with Crippen molar-refractivity contribution in [2.75, 3.05) is 12.9 Å². The van der Waals surface area contributed by atoms with Crippen molar-refractivity contribution in [1.82, 2.24) is 0 Å². The first kappa shape index (κ1) is 13.5. The monoisotopic (exact) mass is 250 g/mol. The average molecular weight is 250 g/mol. The predicted octanol–water partition coefficient (Wildman–Crippen LogP) is 2.68. The summed E-state index contributed by atoms with van der Waals surface area (Å²) in [4.78, 5) is 23.7. The number of hydrogen-bond acceptors (Lipinski definition) is 4. The van der Waals surface area contributed by atoms with Gasteiger partial charge in [-0.3, -0.25) is 4.79 Å². The highest BCUT2D eigenvalue weighted by Gasteiger charge is 2.12. The van der Waals surface area contributed by atoms with Crippen LogP contribution in [0.25, 0.3) is 0 Å². The molecule has 1 aromatic rings. The Labute approximate surface area is 105 Å². The number of allylic oxidation sites excluding steroid dienone is 1. The van der Waals surface area contributed by atoms with Crippen molar-refractivity contribution in [3.05, 3.63) is 46.9 Å². The lowest BCUT2D eigenvalue weighted by Crippen LogP contribution is -2.06. The maximum Gasteiger partial charge on any atom is 0.332 e. The van der Waals surface area contributed by atoms with Gasteiger partial charge in [0.05, 0.1) is 11.5 Å². The second-order valence-corrected chi connectivity index (χ2v) is 4.01. The molecule has 0 aliphatic rings. The molecule has 90 valence electrons. The summed E-state index contributed by atoms with van der Waals surface area (Å²) in [5.74, 6) is -0.646. The van der Waals surface area contributed by atoms with E-state index in [2.05, 4.69) is 0 Å². The van der Waals surface area contributed by atoms with Crippen molar-refractivity contribution in [3.63, 3.8) is 0 Å². The van der Waals surface area contributed by atoms with Gasteiger partial charge in [-0.2, -0.15) is 0 Å². The summed E-state index contributed by atoms with van der Waals surface area (Å²) in [5, 5.41) is 0. The smallest absolute Gasteiger partial charge is 0.332 e. The van der Waals surface area contributed by atoms with Crippen LogP contribution in [0.4, 0.5) is 0 Å². The van der Waals surface area contributed by atoms with Crippen LogP contribution in [0, 0.1) is 0 Å². The van der Waals surface area contributed by atoms with E-state index < -0.39 is 5.97 Å². The van der Waals surface area contributed by atoms with Crippen LogP contribution in [0.2, 0.25) is 0 Å². The molecule has 0 bridgehead atoms. The highest BCUT2D eigenvalue weighted by atomic mass is 32.2. The molecule has 0 atom stereocenters. The summed E-state index contributed by atoms with van der Waals surface area (Å²) in [6.45, 7) is 2.03. The van der Waals surface area contributed by atoms with Gasteiger partial charge in [0, 0.05) is 11.6 Å². The SMILES string of the molecule is CCOC(=O)/C=C(/SC)C(=O)c1ccccc1. The highest BCUT2D eigenvalue weighted by Crippen LogP contribution is 2.18. The summed E-state index contributed by atoms with van der Waals surface area (Å²) >= 11 is 1.24. The van der Waals surface area contributed by atoms with Gasteiger partial charge >= 0.3 is 5.97 Å². The molecule has 0 fully saturated rings. The molecule has 0 saturated carbocycles. The number of benzene rings is 1. The Balaban J connectivity index is 2.88. The Hall–Kier alpha value is -1.55. The van der Waals surface area contributed by atoms with Crippen LogP contribution >= 0.6 is 11.8 Å². The van der Waals surface area contributed by atoms with Gasteiger partial charge in [0.1, 0.15) is 0 Å². The molecule has 0 radical (unpaired) electrons. The minimum Gasteiger partial charge on any atom is -0.463 e. The Morgan fingerprint density at radius 3 is 2.47 bits per heavy atom. The summed E-state index contributed by atoms with van der Waals surface area (Å²) in [6.07, 6.45) is 3.00. The number of thioether (sulfide) groups is 1. The molecule has 0 aromatic heterocycles. The molecule has 4 heteroatoms. The van der Waals surface area contributed by atoms with Crippen molar-refractivity contribution < 1.29 is 14.3 Å². The summed E-state index contributed by atoms with van der Waals surface area (Å²) in [5.41, 5.74) is 0.567. The molecule has 0 spiro atoms. The van der Waals surface area contributed by atoms with E-state index >= 15 is 0 Å². The zero-order chi connectivity index (χ0) is 12.7. The van der Waals surface area contributed by atoms with E-state index in [0.717, 1.165) is 0 Å². The van der Waals surface area contributed by atoms with E-state index in [-0.39, 0.29) is 5.78 Å². The van der Waals surface area contributed by atoms with Gasteiger partial charge in [0.25, 0.3) is 0 Å². The number of ether oxygens (including phenoxy) is 1. The van der Waals surface area contributed by atoms with Crippen LogP contribution in [0.1, 0.15) is 17.3 Å².